The highest BCUT2D eigenvalue weighted by Gasteiger charge is 2.13. The third-order valence-electron chi connectivity index (χ3n) is 1.51. The van der Waals surface area contributed by atoms with Crippen LogP contribution in [-0.2, 0) is 4.79 Å². The van der Waals surface area contributed by atoms with Crippen LogP contribution in [0.3, 0.4) is 0 Å². The normalized spacial score (nSPS) is 26.0. The molecule has 1 unspecified atom stereocenters. The van der Waals surface area contributed by atoms with Gasteiger partial charge in [-0.25, -0.2) is 0 Å². The zero-order chi connectivity index (χ0) is 6.53. The molecule has 9 heavy (non-hydrogen) atoms. The zero-order valence-corrected chi connectivity index (χ0v) is 6.12. The molecule has 0 aromatic carbocycles. The first-order chi connectivity index (χ1) is 4.43. The monoisotopic (exact) mass is 145 g/mol. The van der Waals surface area contributed by atoms with Crippen LogP contribution in [0.1, 0.15) is 6.42 Å². The van der Waals surface area contributed by atoms with Crippen LogP contribution in [0.25, 0.3) is 0 Å². The van der Waals surface area contributed by atoms with E-state index < -0.39 is 0 Å². The topological polar surface area (TPSA) is 29.1 Å². The van der Waals surface area contributed by atoms with E-state index in [0.29, 0.717) is 0 Å². The van der Waals surface area contributed by atoms with Gasteiger partial charge in [0.25, 0.3) is 0 Å². The van der Waals surface area contributed by atoms with Crippen LogP contribution in [0.4, 0.5) is 0 Å². The van der Waals surface area contributed by atoms with Gasteiger partial charge in [0.05, 0.1) is 0 Å². The molecule has 1 atom stereocenters. The van der Waals surface area contributed by atoms with Gasteiger partial charge in [0, 0.05) is 6.54 Å². The standard InChI is InChI=1S/C6H11NOS/c8-5-7-3-6-1-2-9-4-6/h5-6H,1-4H2,(H,7,8). The molecular weight excluding hydrogens is 134 g/mol. The van der Waals surface area contributed by atoms with E-state index in [0.717, 1.165) is 18.9 Å². The summed E-state index contributed by atoms with van der Waals surface area (Å²) in [6, 6.07) is 0. The third kappa shape index (κ3) is 2.26. The Morgan fingerprint density at radius 3 is 3.22 bits per heavy atom. The van der Waals surface area contributed by atoms with Crippen molar-refractivity contribution in [1.82, 2.24) is 5.32 Å². The van der Waals surface area contributed by atoms with E-state index in [1.807, 2.05) is 11.8 Å². The van der Waals surface area contributed by atoms with Gasteiger partial charge in [0.2, 0.25) is 6.41 Å². The van der Waals surface area contributed by atoms with Gasteiger partial charge in [-0.05, 0) is 23.8 Å². The SMILES string of the molecule is O=CNCC1CCSC1. The molecule has 2 nitrogen and oxygen atoms in total. The van der Waals surface area contributed by atoms with E-state index >= 15 is 0 Å². The number of thioether (sulfide) groups is 1. The van der Waals surface area contributed by atoms with Crippen molar-refractivity contribution in [1.29, 1.82) is 0 Å². The summed E-state index contributed by atoms with van der Waals surface area (Å²) >= 11 is 1.98. The van der Waals surface area contributed by atoms with Gasteiger partial charge < -0.3 is 5.32 Å². The number of hydrogen-bond donors (Lipinski definition) is 1. The Morgan fingerprint density at radius 2 is 2.67 bits per heavy atom. The van der Waals surface area contributed by atoms with E-state index in [1.54, 1.807) is 0 Å². The lowest BCUT2D eigenvalue weighted by molar-refractivity contribution is -0.109. The molecule has 0 spiro atoms. The first kappa shape index (κ1) is 6.93. The average molecular weight is 145 g/mol. The van der Waals surface area contributed by atoms with Crippen LogP contribution < -0.4 is 5.32 Å². The Balaban J connectivity index is 2.04. The molecule has 1 aliphatic rings. The maximum atomic E-state index is 9.84. The van der Waals surface area contributed by atoms with E-state index in [-0.39, 0.29) is 0 Å². The van der Waals surface area contributed by atoms with Crippen LogP contribution in [0, 0.1) is 5.92 Å². The van der Waals surface area contributed by atoms with Crippen molar-refractivity contribution < 1.29 is 4.79 Å². The van der Waals surface area contributed by atoms with Crippen molar-refractivity contribution in [2.24, 2.45) is 5.92 Å². The first-order valence-electron chi connectivity index (χ1n) is 3.18. The molecule has 0 bridgehead atoms. The van der Waals surface area contributed by atoms with Crippen molar-refractivity contribution >= 4 is 18.2 Å². The first-order valence-corrected chi connectivity index (χ1v) is 4.33. The lowest BCUT2D eigenvalue weighted by atomic mass is 10.1. The molecule has 52 valence electrons. The minimum absolute atomic E-state index is 0.736. The Labute approximate surface area is 59.4 Å². The fraction of sp³-hybridized carbons (Fsp3) is 0.833. The number of carbonyl (C=O) groups is 1. The molecule has 0 saturated carbocycles. The van der Waals surface area contributed by atoms with Gasteiger partial charge in [-0.1, -0.05) is 0 Å². The highest BCUT2D eigenvalue weighted by Crippen LogP contribution is 2.22. The Bertz CT molecular complexity index is 91.1. The highest BCUT2D eigenvalue weighted by atomic mass is 32.2. The number of nitrogens with one attached hydrogen (secondary N) is 1. The summed E-state index contributed by atoms with van der Waals surface area (Å²) in [5.74, 6) is 3.23. The quantitative estimate of drug-likeness (QED) is 0.585. The van der Waals surface area contributed by atoms with E-state index in [2.05, 4.69) is 5.32 Å². The molecule has 1 saturated heterocycles. The predicted octanol–water partition coefficient (Wildman–Crippen LogP) is 0.486. The molecule has 1 fully saturated rings. The van der Waals surface area contributed by atoms with Gasteiger partial charge in [-0.2, -0.15) is 11.8 Å². The summed E-state index contributed by atoms with van der Waals surface area (Å²) < 4.78 is 0. The van der Waals surface area contributed by atoms with Crippen LogP contribution in [0.2, 0.25) is 0 Å². The molecule has 1 aliphatic heterocycles. The Kier molecular flexibility index (Phi) is 2.91. The summed E-state index contributed by atoms with van der Waals surface area (Å²) in [6.07, 6.45) is 2.05. The third-order valence-corrected chi connectivity index (χ3v) is 2.75. The number of carbonyl (C=O) groups excluding carboxylic acids is 1. The van der Waals surface area contributed by atoms with Crippen LogP contribution in [0.15, 0.2) is 0 Å². The van der Waals surface area contributed by atoms with Crippen molar-refractivity contribution in [3.63, 3.8) is 0 Å². The second-order valence-corrected chi connectivity index (χ2v) is 3.41. The van der Waals surface area contributed by atoms with Gasteiger partial charge in [0.1, 0.15) is 0 Å². The fourth-order valence-electron chi connectivity index (χ4n) is 0.959. The molecule has 1 N–H and O–H groups in total. The predicted molar refractivity (Wildman–Crippen MR) is 39.5 cm³/mol. The molecule has 0 aromatic heterocycles. The van der Waals surface area contributed by atoms with Gasteiger partial charge in [-0.15, -0.1) is 0 Å². The molecular formula is C6H11NOS. The largest absolute Gasteiger partial charge is 0.358 e. The van der Waals surface area contributed by atoms with Crippen LogP contribution >= 0.6 is 11.8 Å². The van der Waals surface area contributed by atoms with Crippen molar-refractivity contribution in [3.8, 4) is 0 Å². The summed E-state index contributed by atoms with van der Waals surface area (Å²) in [7, 11) is 0. The average Bonchev–Trinajstić information content (AvgIpc) is 2.34. The smallest absolute Gasteiger partial charge is 0.207 e. The summed E-state index contributed by atoms with van der Waals surface area (Å²) in [6.45, 7) is 0.872. The molecule has 1 heterocycles. The molecule has 1 rings (SSSR count). The van der Waals surface area contributed by atoms with Crippen LogP contribution in [0.5, 0.6) is 0 Å². The van der Waals surface area contributed by atoms with Gasteiger partial charge >= 0.3 is 0 Å². The maximum Gasteiger partial charge on any atom is 0.207 e. The van der Waals surface area contributed by atoms with Gasteiger partial charge in [0.15, 0.2) is 0 Å². The number of hydrogen-bond acceptors (Lipinski definition) is 2. The number of amides is 1. The van der Waals surface area contributed by atoms with E-state index in [9.17, 15) is 4.79 Å². The minimum Gasteiger partial charge on any atom is -0.358 e. The number of rotatable bonds is 3. The minimum atomic E-state index is 0.736. The lowest BCUT2D eigenvalue weighted by Crippen LogP contribution is -2.20. The fourth-order valence-corrected chi connectivity index (χ4v) is 2.24. The van der Waals surface area contributed by atoms with E-state index in [4.69, 9.17) is 0 Å². The second-order valence-electron chi connectivity index (χ2n) is 2.26. The van der Waals surface area contributed by atoms with Crippen molar-refractivity contribution in [2.75, 3.05) is 18.1 Å². The molecule has 0 aliphatic carbocycles. The Hall–Kier alpha value is -0.180. The zero-order valence-electron chi connectivity index (χ0n) is 5.30. The highest BCUT2D eigenvalue weighted by molar-refractivity contribution is 7.99. The van der Waals surface area contributed by atoms with Crippen molar-refractivity contribution in [3.05, 3.63) is 0 Å². The maximum absolute atomic E-state index is 9.84. The summed E-state index contributed by atoms with van der Waals surface area (Å²) in [5.41, 5.74) is 0. The molecule has 1 amide bonds. The Morgan fingerprint density at radius 1 is 1.78 bits per heavy atom. The van der Waals surface area contributed by atoms with Crippen molar-refractivity contribution in [2.45, 2.75) is 6.42 Å². The van der Waals surface area contributed by atoms with Gasteiger partial charge in [-0.3, -0.25) is 4.79 Å². The molecule has 0 aromatic rings. The van der Waals surface area contributed by atoms with E-state index in [1.165, 1.54) is 17.9 Å². The molecule has 0 radical (unpaired) electrons. The summed E-state index contributed by atoms with van der Waals surface area (Å²) in [5, 5.41) is 2.70. The van der Waals surface area contributed by atoms with Crippen LogP contribution in [-0.4, -0.2) is 24.5 Å². The summed E-state index contributed by atoms with van der Waals surface area (Å²) in [4.78, 5) is 9.84. The second kappa shape index (κ2) is 3.77. The lowest BCUT2D eigenvalue weighted by Gasteiger charge is -2.04. The molecule has 3 heteroatoms.